The Morgan fingerprint density at radius 2 is 2.10 bits per heavy atom. The number of anilines is 1. The second-order valence-corrected chi connectivity index (χ2v) is 7.02. The van der Waals surface area contributed by atoms with Gasteiger partial charge in [-0.2, -0.15) is 0 Å². The van der Waals surface area contributed by atoms with Crippen LogP contribution in [0.4, 0.5) is 10.1 Å². The molecular formula is C12H10ClFN2O3S2. The summed E-state index contributed by atoms with van der Waals surface area (Å²) >= 11 is 7.09. The number of nitrogens with two attached hydrogens (primary N) is 1. The Balaban J connectivity index is 2.28. The summed E-state index contributed by atoms with van der Waals surface area (Å²) in [6, 6.07) is 2.98. The number of hydrogen-bond donors (Lipinski definition) is 2. The van der Waals surface area contributed by atoms with E-state index in [1.807, 2.05) is 0 Å². The fourth-order valence-electron chi connectivity index (χ4n) is 1.54. The van der Waals surface area contributed by atoms with E-state index in [1.54, 1.807) is 12.3 Å². The number of aryl methyl sites for hydroxylation is 1. The third kappa shape index (κ3) is 3.41. The highest BCUT2D eigenvalue weighted by molar-refractivity contribution is 7.89. The largest absolute Gasteiger partial charge is 0.319 e. The Morgan fingerprint density at radius 3 is 2.57 bits per heavy atom. The lowest BCUT2D eigenvalue weighted by Crippen LogP contribution is -2.15. The third-order valence-electron chi connectivity index (χ3n) is 2.62. The van der Waals surface area contributed by atoms with Gasteiger partial charge >= 0.3 is 0 Å². The number of primary sulfonamides is 1. The molecule has 9 heteroatoms. The molecule has 0 bridgehead atoms. The van der Waals surface area contributed by atoms with Crippen molar-refractivity contribution in [2.45, 2.75) is 11.8 Å². The van der Waals surface area contributed by atoms with Gasteiger partial charge in [-0.05, 0) is 36.1 Å². The number of sulfonamides is 1. The van der Waals surface area contributed by atoms with Crippen molar-refractivity contribution in [1.29, 1.82) is 0 Å². The van der Waals surface area contributed by atoms with Crippen molar-refractivity contribution in [1.82, 2.24) is 0 Å². The van der Waals surface area contributed by atoms with Crippen LogP contribution in [0.15, 0.2) is 28.5 Å². The van der Waals surface area contributed by atoms with E-state index in [0.717, 1.165) is 35.1 Å². The van der Waals surface area contributed by atoms with Crippen LogP contribution in [0, 0.1) is 12.7 Å². The number of nitrogens with one attached hydrogen (secondary N) is 1. The van der Waals surface area contributed by atoms with Gasteiger partial charge in [0.05, 0.1) is 15.6 Å². The Bertz CT molecular complexity index is 818. The number of amides is 1. The van der Waals surface area contributed by atoms with Gasteiger partial charge in [-0.15, -0.1) is 11.3 Å². The van der Waals surface area contributed by atoms with Crippen LogP contribution >= 0.6 is 22.9 Å². The molecule has 1 aromatic heterocycles. The molecule has 112 valence electrons. The first-order valence-corrected chi connectivity index (χ1v) is 8.38. The lowest BCUT2D eigenvalue weighted by molar-refractivity contribution is 0.103. The van der Waals surface area contributed by atoms with Gasteiger partial charge in [0, 0.05) is 0 Å². The molecule has 3 N–H and O–H groups in total. The lowest BCUT2D eigenvalue weighted by atomic mass is 10.3. The van der Waals surface area contributed by atoms with Gasteiger partial charge in [0.2, 0.25) is 10.0 Å². The molecule has 21 heavy (non-hydrogen) atoms. The SMILES string of the molecule is Cc1csc(C(=O)Nc2ccc(S(N)(=O)=O)cc2F)c1Cl. The summed E-state index contributed by atoms with van der Waals surface area (Å²) in [7, 11) is -4.00. The first-order valence-electron chi connectivity index (χ1n) is 5.57. The molecule has 0 saturated heterocycles. The minimum atomic E-state index is -4.00. The minimum absolute atomic E-state index is 0.158. The van der Waals surface area contributed by atoms with E-state index in [1.165, 1.54) is 0 Å². The Kier molecular flexibility index (Phi) is 4.33. The molecule has 0 aliphatic rings. The monoisotopic (exact) mass is 348 g/mol. The fraction of sp³-hybridized carbons (Fsp3) is 0.0833. The van der Waals surface area contributed by atoms with E-state index in [-0.39, 0.29) is 15.5 Å². The Morgan fingerprint density at radius 1 is 1.43 bits per heavy atom. The van der Waals surface area contributed by atoms with Crippen LogP contribution in [0.1, 0.15) is 15.2 Å². The van der Waals surface area contributed by atoms with Crippen LogP contribution in [0.5, 0.6) is 0 Å². The van der Waals surface area contributed by atoms with Crippen LogP contribution in [0.2, 0.25) is 5.02 Å². The van der Waals surface area contributed by atoms with Gasteiger partial charge in [-0.25, -0.2) is 17.9 Å². The van der Waals surface area contributed by atoms with Gasteiger partial charge in [-0.1, -0.05) is 11.6 Å². The highest BCUT2D eigenvalue weighted by Crippen LogP contribution is 2.28. The number of benzene rings is 1. The van der Waals surface area contributed by atoms with E-state index >= 15 is 0 Å². The molecule has 0 radical (unpaired) electrons. The van der Waals surface area contributed by atoms with Crippen LogP contribution < -0.4 is 10.5 Å². The van der Waals surface area contributed by atoms with E-state index in [4.69, 9.17) is 16.7 Å². The molecule has 0 atom stereocenters. The van der Waals surface area contributed by atoms with Crippen molar-refractivity contribution in [3.8, 4) is 0 Å². The van der Waals surface area contributed by atoms with Crippen molar-refractivity contribution in [3.63, 3.8) is 0 Å². The first kappa shape index (κ1) is 15.9. The molecule has 1 amide bonds. The maximum Gasteiger partial charge on any atom is 0.267 e. The van der Waals surface area contributed by atoms with Crippen LogP contribution in [0.25, 0.3) is 0 Å². The molecule has 0 aliphatic heterocycles. The van der Waals surface area contributed by atoms with Crippen molar-refractivity contribution in [2.24, 2.45) is 5.14 Å². The molecular weight excluding hydrogens is 339 g/mol. The summed E-state index contributed by atoms with van der Waals surface area (Å²) in [5, 5.41) is 9.24. The van der Waals surface area contributed by atoms with Gasteiger partial charge in [-0.3, -0.25) is 4.79 Å². The predicted octanol–water partition coefficient (Wildman–Crippen LogP) is 2.75. The zero-order valence-corrected chi connectivity index (χ0v) is 13.1. The topological polar surface area (TPSA) is 89.3 Å². The second kappa shape index (κ2) is 5.72. The average molecular weight is 349 g/mol. The van der Waals surface area contributed by atoms with Crippen LogP contribution in [-0.2, 0) is 10.0 Å². The van der Waals surface area contributed by atoms with E-state index in [9.17, 15) is 17.6 Å². The molecule has 0 spiro atoms. The van der Waals surface area contributed by atoms with Crippen LogP contribution in [-0.4, -0.2) is 14.3 Å². The normalized spacial score (nSPS) is 11.4. The number of carbonyl (C=O) groups excluding carboxylic acids is 1. The van der Waals surface area contributed by atoms with E-state index in [0.29, 0.717) is 5.02 Å². The number of halogens is 2. The smallest absolute Gasteiger partial charge is 0.267 e. The number of carbonyl (C=O) groups is 1. The van der Waals surface area contributed by atoms with Crippen molar-refractivity contribution >= 4 is 44.6 Å². The third-order valence-corrected chi connectivity index (χ3v) is 5.23. The lowest BCUT2D eigenvalue weighted by Gasteiger charge is -2.07. The van der Waals surface area contributed by atoms with Gasteiger partial charge in [0.15, 0.2) is 0 Å². The maximum absolute atomic E-state index is 13.8. The summed E-state index contributed by atoms with van der Waals surface area (Å²) in [5.74, 6) is -1.47. The molecule has 2 aromatic rings. The zero-order chi connectivity index (χ0) is 15.8. The van der Waals surface area contributed by atoms with Crippen molar-refractivity contribution < 1.29 is 17.6 Å². The molecule has 5 nitrogen and oxygen atoms in total. The predicted molar refractivity (Wildman–Crippen MR) is 79.8 cm³/mol. The van der Waals surface area contributed by atoms with Gasteiger partial charge in [0.25, 0.3) is 5.91 Å². The molecule has 0 aliphatic carbocycles. The summed E-state index contributed by atoms with van der Waals surface area (Å²) in [6.07, 6.45) is 0. The number of rotatable bonds is 3. The van der Waals surface area contributed by atoms with Gasteiger partial charge < -0.3 is 5.32 Å². The fourth-order valence-corrected chi connectivity index (χ4v) is 3.24. The van der Waals surface area contributed by atoms with Crippen molar-refractivity contribution in [3.05, 3.63) is 44.9 Å². The van der Waals surface area contributed by atoms with E-state index < -0.39 is 21.7 Å². The molecule has 1 aromatic carbocycles. The molecule has 0 unspecified atom stereocenters. The summed E-state index contributed by atoms with van der Waals surface area (Å²) in [5.41, 5.74) is 0.589. The quantitative estimate of drug-likeness (QED) is 0.893. The van der Waals surface area contributed by atoms with Crippen LogP contribution in [0.3, 0.4) is 0 Å². The summed E-state index contributed by atoms with van der Waals surface area (Å²) in [4.78, 5) is 11.9. The molecule has 2 rings (SSSR count). The maximum atomic E-state index is 13.8. The number of thiophene rings is 1. The zero-order valence-electron chi connectivity index (χ0n) is 10.7. The highest BCUT2D eigenvalue weighted by Gasteiger charge is 2.17. The highest BCUT2D eigenvalue weighted by atomic mass is 35.5. The second-order valence-electron chi connectivity index (χ2n) is 4.20. The summed E-state index contributed by atoms with van der Waals surface area (Å²) in [6.45, 7) is 1.75. The minimum Gasteiger partial charge on any atom is -0.319 e. The van der Waals surface area contributed by atoms with Crippen molar-refractivity contribution in [2.75, 3.05) is 5.32 Å². The molecule has 1 heterocycles. The molecule has 0 fully saturated rings. The number of hydrogen-bond acceptors (Lipinski definition) is 4. The first-order chi connectivity index (χ1) is 9.70. The van der Waals surface area contributed by atoms with Gasteiger partial charge in [0.1, 0.15) is 10.7 Å². The standard InChI is InChI=1S/C12H10ClFN2O3S2/c1-6-5-20-11(10(6)13)12(17)16-9-3-2-7(4-8(9)14)21(15,18)19/h2-5H,1H3,(H,16,17)(H2,15,18,19). The molecule has 0 saturated carbocycles. The van der Waals surface area contributed by atoms with E-state index in [2.05, 4.69) is 5.32 Å². The average Bonchev–Trinajstić information content (AvgIpc) is 2.71. The Hall–Kier alpha value is -1.48. The Labute approximate surface area is 129 Å². The summed E-state index contributed by atoms with van der Waals surface area (Å²) < 4.78 is 36.0.